The highest BCUT2D eigenvalue weighted by Crippen LogP contribution is 2.42. The van der Waals surface area contributed by atoms with Gasteiger partial charge in [0.05, 0.1) is 0 Å². The molecule has 0 fully saturated rings. The van der Waals surface area contributed by atoms with Crippen LogP contribution in [-0.4, -0.2) is 0 Å². The normalized spacial score (nSPS) is 11.3. The maximum atomic E-state index is 6.31. The number of furan rings is 1. The second kappa shape index (κ2) is 5.89. The minimum Gasteiger partial charge on any atom is -0.455 e. The molecule has 1 aromatic heterocycles. The van der Waals surface area contributed by atoms with Crippen LogP contribution >= 0.6 is 0 Å². The summed E-state index contributed by atoms with van der Waals surface area (Å²) < 4.78 is 6.31. The van der Waals surface area contributed by atoms with Crippen LogP contribution in [-0.2, 0) is 0 Å². The van der Waals surface area contributed by atoms with Gasteiger partial charge >= 0.3 is 0 Å². The second-order valence-electron chi connectivity index (χ2n) is 6.63. The third-order valence-electron chi connectivity index (χ3n) is 5.08. The molecule has 1 heteroatoms. The lowest BCUT2D eigenvalue weighted by molar-refractivity contribution is 0.669. The monoisotopic (exact) mass is 334 g/mol. The zero-order chi connectivity index (χ0) is 17.5. The van der Waals surface area contributed by atoms with Gasteiger partial charge in [0.1, 0.15) is 11.2 Å². The molecule has 0 radical (unpaired) electrons. The lowest BCUT2D eigenvalue weighted by Gasteiger charge is -2.13. The van der Waals surface area contributed by atoms with Crippen molar-refractivity contribution in [2.24, 2.45) is 0 Å². The Hall–Kier alpha value is -3.32. The van der Waals surface area contributed by atoms with Crippen molar-refractivity contribution in [2.75, 3.05) is 0 Å². The van der Waals surface area contributed by atoms with Crippen LogP contribution in [0.15, 0.2) is 95.4 Å². The largest absolute Gasteiger partial charge is 0.455 e. The Morgan fingerprint density at radius 2 is 1.23 bits per heavy atom. The van der Waals surface area contributed by atoms with Crippen molar-refractivity contribution in [1.29, 1.82) is 0 Å². The van der Waals surface area contributed by atoms with Gasteiger partial charge in [0, 0.05) is 16.3 Å². The SMILES string of the molecule is Cc1c(-c2ccccc2)cc2c(oc3ccccc32)c1-c1ccccc1. The maximum absolute atomic E-state index is 6.31. The fraction of sp³-hybridized carbons (Fsp3) is 0.0400. The van der Waals surface area contributed by atoms with Gasteiger partial charge in [0.25, 0.3) is 0 Å². The van der Waals surface area contributed by atoms with Gasteiger partial charge in [-0.3, -0.25) is 0 Å². The molecular formula is C25H18O. The molecule has 0 aliphatic rings. The van der Waals surface area contributed by atoms with E-state index < -0.39 is 0 Å². The summed E-state index contributed by atoms with van der Waals surface area (Å²) in [7, 11) is 0. The first kappa shape index (κ1) is 15.0. The molecule has 26 heavy (non-hydrogen) atoms. The smallest absolute Gasteiger partial charge is 0.143 e. The number of hydrogen-bond donors (Lipinski definition) is 0. The predicted octanol–water partition coefficient (Wildman–Crippen LogP) is 7.23. The third kappa shape index (κ3) is 2.25. The highest BCUT2D eigenvalue weighted by molar-refractivity contribution is 6.12. The van der Waals surface area contributed by atoms with Crippen LogP contribution in [0, 0.1) is 6.92 Å². The van der Waals surface area contributed by atoms with Gasteiger partial charge in [-0.2, -0.15) is 0 Å². The van der Waals surface area contributed by atoms with E-state index in [1.54, 1.807) is 0 Å². The number of rotatable bonds is 2. The van der Waals surface area contributed by atoms with Gasteiger partial charge in [0.2, 0.25) is 0 Å². The first-order valence-corrected chi connectivity index (χ1v) is 8.88. The average Bonchev–Trinajstić information content (AvgIpc) is 3.07. The molecule has 0 N–H and O–H groups in total. The summed E-state index contributed by atoms with van der Waals surface area (Å²) in [5.74, 6) is 0. The summed E-state index contributed by atoms with van der Waals surface area (Å²) in [6.45, 7) is 2.19. The summed E-state index contributed by atoms with van der Waals surface area (Å²) in [6.07, 6.45) is 0. The second-order valence-corrected chi connectivity index (χ2v) is 6.63. The third-order valence-corrected chi connectivity index (χ3v) is 5.08. The van der Waals surface area contributed by atoms with E-state index in [-0.39, 0.29) is 0 Å². The Labute approximate surface area is 152 Å². The summed E-state index contributed by atoms with van der Waals surface area (Å²) in [6, 6.07) is 31.7. The van der Waals surface area contributed by atoms with Crippen molar-refractivity contribution >= 4 is 21.9 Å². The molecule has 0 bridgehead atoms. The number of fused-ring (bicyclic) bond motifs is 3. The molecule has 0 aliphatic heterocycles. The fourth-order valence-corrected chi connectivity index (χ4v) is 3.82. The van der Waals surface area contributed by atoms with E-state index in [1.165, 1.54) is 33.2 Å². The fourth-order valence-electron chi connectivity index (χ4n) is 3.82. The topological polar surface area (TPSA) is 13.1 Å². The van der Waals surface area contributed by atoms with E-state index in [0.29, 0.717) is 0 Å². The maximum Gasteiger partial charge on any atom is 0.143 e. The quantitative estimate of drug-likeness (QED) is 0.332. The highest BCUT2D eigenvalue weighted by atomic mass is 16.3. The molecule has 124 valence electrons. The van der Waals surface area contributed by atoms with Crippen molar-refractivity contribution in [3.05, 3.63) is 96.6 Å². The Kier molecular flexibility index (Phi) is 3.39. The standard InChI is InChI=1S/C25H18O/c1-17-21(18-10-4-2-5-11-18)16-22-20-14-8-9-15-23(20)26-25(22)24(17)19-12-6-3-7-13-19/h2-16H,1H3. The molecule has 0 atom stereocenters. The lowest BCUT2D eigenvalue weighted by Crippen LogP contribution is -1.90. The lowest BCUT2D eigenvalue weighted by atomic mass is 9.90. The van der Waals surface area contributed by atoms with Gasteiger partial charge in [-0.05, 0) is 41.3 Å². The van der Waals surface area contributed by atoms with Crippen LogP contribution in [0.4, 0.5) is 0 Å². The van der Waals surface area contributed by atoms with Crippen molar-refractivity contribution in [3.8, 4) is 22.3 Å². The van der Waals surface area contributed by atoms with E-state index in [2.05, 4.69) is 85.8 Å². The van der Waals surface area contributed by atoms with E-state index >= 15 is 0 Å². The molecule has 1 nitrogen and oxygen atoms in total. The van der Waals surface area contributed by atoms with Crippen molar-refractivity contribution < 1.29 is 4.42 Å². The van der Waals surface area contributed by atoms with Gasteiger partial charge in [-0.25, -0.2) is 0 Å². The van der Waals surface area contributed by atoms with Crippen LogP contribution in [0.5, 0.6) is 0 Å². The first-order chi connectivity index (χ1) is 12.8. The molecule has 5 rings (SSSR count). The first-order valence-electron chi connectivity index (χ1n) is 8.88. The van der Waals surface area contributed by atoms with E-state index in [0.717, 1.165) is 16.6 Å². The molecule has 5 aromatic rings. The number of benzene rings is 4. The Morgan fingerprint density at radius 1 is 0.615 bits per heavy atom. The van der Waals surface area contributed by atoms with Crippen molar-refractivity contribution in [1.82, 2.24) is 0 Å². The molecule has 1 heterocycles. The summed E-state index contributed by atoms with van der Waals surface area (Å²) >= 11 is 0. The summed E-state index contributed by atoms with van der Waals surface area (Å²) in [5.41, 5.74) is 8.00. The molecule has 0 spiro atoms. The molecular weight excluding hydrogens is 316 g/mol. The van der Waals surface area contributed by atoms with Crippen molar-refractivity contribution in [2.45, 2.75) is 6.92 Å². The van der Waals surface area contributed by atoms with E-state index in [4.69, 9.17) is 4.42 Å². The van der Waals surface area contributed by atoms with Crippen LogP contribution in [0.25, 0.3) is 44.2 Å². The van der Waals surface area contributed by atoms with Gasteiger partial charge < -0.3 is 4.42 Å². The predicted molar refractivity (Wildman–Crippen MR) is 109 cm³/mol. The average molecular weight is 334 g/mol. The summed E-state index contributed by atoms with van der Waals surface area (Å²) in [4.78, 5) is 0. The Bertz CT molecular complexity index is 1210. The van der Waals surface area contributed by atoms with Crippen molar-refractivity contribution in [3.63, 3.8) is 0 Å². The Morgan fingerprint density at radius 3 is 1.96 bits per heavy atom. The van der Waals surface area contributed by atoms with Crippen LogP contribution in [0.1, 0.15) is 5.56 Å². The van der Waals surface area contributed by atoms with E-state index in [1.807, 2.05) is 12.1 Å². The minimum atomic E-state index is 0.935. The zero-order valence-electron chi connectivity index (χ0n) is 14.6. The minimum absolute atomic E-state index is 0.935. The zero-order valence-corrected chi connectivity index (χ0v) is 14.6. The van der Waals surface area contributed by atoms with E-state index in [9.17, 15) is 0 Å². The van der Waals surface area contributed by atoms with Gasteiger partial charge in [-0.15, -0.1) is 0 Å². The molecule has 0 unspecified atom stereocenters. The molecule has 0 saturated heterocycles. The molecule has 0 saturated carbocycles. The number of para-hydroxylation sites is 1. The van der Waals surface area contributed by atoms with Crippen LogP contribution in [0.3, 0.4) is 0 Å². The number of hydrogen-bond acceptors (Lipinski definition) is 1. The molecule has 0 amide bonds. The Balaban J connectivity index is 1.96. The summed E-state index contributed by atoms with van der Waals surface area (Å²) in [5, 5.41) is 2.33. The highest BCUT2D eigenvalue weighted by Gasteiger charge is 2.18. The molecule has 4 aromatic carbocycles. The van der Waals surface area contributed by atoms with Gasteiger partial charge in [-0.1, -0.05) is 78.9 Å². The van der Waals surface area contributed by atoms with Crippen LogP contribution in [0.2, 0.25) is 0 Å². The van der Waals surface area contributed by atoms with Crippen LogP contribution < -0.4 is 0 Å². The molecule has 0 aliphatic carbocycles. The van der Waals surface area contributed by atoms with Gasteiger partial charge in [0.15, 0.2) is 0 Å².